The summed E-state index contributed by atoms with van der Waals surface area (Å²) in [5.74, 6) is -2.34. The number of hydrogen-bond donors (Lipinski definition) is 3. The molecule has 2 atom stereocenters. The molecule has 2 rings (SSSR count). The Morgan fingerprint density at radius 2 is 2.25 bits per heavy atom. The maximum atomic E-state index is 11.0. The summed E-state index contributed by atoms with van der Waals surface area (Å²) >= 11 is 0. The van der Waals surface area contributed by atoms with E-state index in [1.165, 1.54) is 0 Å². The molecule has 2 aliphatic heterocycles. The molecule has 6 nitrogen and oxygen atoms in total. The van der Waals surface area contributed by atoms with Gasteiger partial charge >= 0.3 is 5.97 Å². The number of nitrogens with one attached hydrogen (secondary N) is 2. The van der Waals surface area contributed by atoms with Crippen LogP contribution in [0.25, 0.3) is 0 Å². The number of carboxylic acid groups (broad SMARTS) is 1. The number of amides is 2. The minimum Gasteiger partial charge on any atom is -0.479 e. The van der Waals surface area contributed by atoms with E-state index in [4.69, 9.17) is 5.11 Å². The van der Waals surface area contributed by atoms with Crippen molar-refractivity contribution in [1.82, 2.24) is 10.6 Å². The van der Waals surface area contributed by atoms with Crippen LogP contribution < -0.4 is 10.6 Å². The zero-order valence-electron chi connectivity index (χ0n) is 5.96. The highest BCUT2D eigenvalue weighted by Gasteiger charge is 2.61. The molecule has 0 radical (unpaired) electrons. The smallest absolute Gasteiger partial charge is 0.339 e. The number of hydrogen-bond acceptors (Lipinski definition) is 3. The van der Waals surface area contributed by atoms with Gasteiger partial charge in [-0.1, -0.05) is 0 Å². The molecule has 2 heterocycles. The number of carbonyl (C=O) groups excluding carboxylic acids is 2. The zero-order valence-corrected chi connectivity index (χ0v) is 5.96. The maximum absolute atomic E-state index is 11.0. The fourth-order valence-corrected chi connectivity index (χ4v) is 1.53. The summed E-state index contributed by atoms with van der Waals surface area (Å²) in [6.45, 7) is 0. The van der Waals surface area contributed by atoms with Crippen LogP contribution in [0, 0.1) is 0 Å². The molecule has 0 aromatic heterocycles. The van der Waals surface area contributed by atoms with Gasteiger partial charge in [0.1, 0.15) is 6.04 Å². The molecule has 3 N–H and O–H groups in total. The number of carboxylic acids is 1. The third-order valence-electron chi connectivity index (χ3n) is 2.22. The second kappa shape index (κ2) is 1.77. The summed E-state index contributed by atoms with van der Waals surface area (Å²) in [4.78, 5) is 32.6. The minimum atomic E-state index is -1.69. The normalized spacial score (nSPS) is 37.8. The average molecular weight is 170 g/mol. The number of fused-ring (bicyclic) bond motifs is 2. The Balaban J connectivity index is 2.42. The molecule has 2 unspecified atom stereocenters. The van der Waals surface area contributed by atoms with Gasteiger partial charge in [0.05, 0.1) is 0 Å². The third kappa shape index (κ3) is 0.572. The summed E-state index contributed by atoms with van der Waals surface area (Å²) in [6, 6.07) is -0.659. The van der Waals surface area contributed by atoms with Crippen molar-refractivity contribution in [3.8, 4) is 0 Å². The van der Waals surface area contributed by atoms with Crippen LogP contribution in [-0.2, 0) is 14.4 Å². The standard InChI is InChI=1S/C6H6N2O4/c9-3-2-1-6(8-3,5(11)12)4(10)7-2/h2H,1H2,(H,7,10)(H,8,9)(H,11,12). The van der Waals surface area contributed by atoms with Crippen molar-refractivity contribution in [3.63, 3.8) is 0 Å². The Bertz CT molecular complexity index is 300. The highest BCUT2D eigenvalue weighted by molar-refractivity contribution is 6.17. The number of aliphatic carboxylic acids is 1. The second-order valence-electron chi connectivity index (χ2n) is 2.93. The summed E-state index contributed by atoms with van der Waals surface area (Å²) in [7, 11) is 0. The fraction of sp³-hybridized carbons (Fsp3) is 0.500. The number of piperazine rings is 1. The van der Waals surface area contributed by atoms with Gasteiger partial charge in [-0.3, -0.25) is 9.59 Å². The Hall–Kier alpha value is -1.59. The van der Waals surface area contributed by atoms with Gasteiger partial charge in [0.15, 0.2) is 0 Å². The summed E-state index contributed by atoms with van der Waals surface area (Å²) < 4.78 is 0. The average Bonchev–Trinajstić information content (AvgIpc) is 2.43. The van der Waals surface area contributed by atoms with Gasteiger partial charge in [0.25, 0.3) is 5.91 Å². The molecule has 0 aromatic carbocycles. The van der Waals surface area contributed by atoms with E-state index < -0.39 is 29.4 Å². The first-order valence-electron chi connectivity index (χ1n) is 3.43. The first kappa shape index (κ1) is 7.08. The van der Waals surface area contributed by atoms with Crippen LogP contribution in [0.4, 0.5) is 0 Å². The van der Waals surface area contributed by atoms with Crippen molar-refractivity contribution >= 4 is 17.8 Å². The number of carbonyl (C=O) groups is 3. The molecular formula is C6H6N2O4. The molecule has 2 amide bonds. The molecule has 64 valence electrons. The molecule has 0 spiro atoms. The molecule has 12 heavy (non-hydrogen) atoms. The molecule has 0 saturated carbocycles. The van der Waals surface area contributed by atoms with E-state index in [1.807, 2.05) is 0 Å². The van der Waals surface area contributed by atoms with Crippen molar-refractivity contribution < 1.29 is 19.5 Å². The van der Waals surface area contributed by atoms with Crippen LogP contribution in [0.1, 0.15) is 6.42 Å². The van der Waals surface area contributed by atoms with Gasteiger partial charge in [0, 0.05) is 6.42 Å². The van der Waals surface area contributed by atoms with Gasteiger partial charge in [-0.15, -0.1) is 0 Å². The van der Waals surface area contributed by atoms with E-state index in [1.54, 1.807) is 0 Å². The van der Waals surface area contributed by atoms with Gasteiger partial charge in [0.2, 0.25) is 11.4 Å². The van der Waals surface area contributed by atoms with Crippen LogP contribution in [0.3, 0.4) is 0 Å². The fourth-order valence-electron chi connectivity index (χ4n) is 1.53. The molecule has 0 aliphatic carbocycles. The minimum absolute atomic E-state index is 0.0139. The van der Waals surface area contributed by atoms with Crippen molar-refractivity contribution in [2.75, 3.05) is 0 Å². The first-order valence-corrected chi connectivity index (χ1v) is 3.43. The van der Waals surface area contributed by atoms with Crippen molar-refractivity contribution in [1.29, 1.82) is 0 Å². The summed E-state index contributed by atoms with van der Waals surface area (Å²) in [5.41, 5.74) is -1.69. The van der Waals surface area contributed by atoms with E-state index in [9.17, 15) is 14.4 Å². The van der Waals surface area contributed by atoms with Gasteiger partial charge < -0.3 is 15.7 Å². The quantitative estimate of drug-likeness (QED) is 0.390. The Kier molecular flexibility index (Phi) is 1.04. The maximum Gasteiger partial charge on any atom is 0.339 e. The molecule has 0 aromatic rings. The molecule has 2 aliphatic rings. The van der Waals surface area contributed by atoms with E-state index in [0.717, 1.165) is 0 Å². The zero-order chi connectivity index (χ0) is 8.93. The predicted octanol–water partition coefficient (Wildman–Crippen LogP) is -2.17. The molecule has 6 heteroatoms. The summed E-state index contributed by atoms with van der Waals surface area (Å²) in [5, 5.41) is 13.2. The van der Waals surface area contributed by atoms with Crippen LogP contribution in [0.5, 0.6) is 0 Å². The summed E-state index contributed by atoms with van der Waals surface area (Å²) in [6.07, 6.45) is 0.0139. The molecule has 2 saturated heterocycles. The lowest BCUT2D eigenvalue weighted by Gasteiger charge is -2.20. The van der Waals surface area contributed by atoms with E-state index in [-0.39, 0.29) is 6.42 Å². The Morgan fingerprint density at radius 3 is 2.58 bits per heavy atom. The van der Waals surface area contributed by atoms with Crippen LogP contribution in [0.15, 0.2) is 0 Å². The molecule has 2 fully saturated rings. The van der Waals surface area contributed by atoms with Gasteiger partial charge in [-0.2, -0.15) is 0 Å². The van der Waals surface area contributed by atoms with Crippen molar-refractivity contribution in [3.05, 3.63) is 0 Å². The highest BCUT2D eigenvalue weighted by atomic mass is 16.4. The largest absolute Gasteiger partial charge is 0.479 e. The molecular weight excluding hydrogens is 164 g/mol. The van der Waals surface area contributed by atoms with E-state index >= 15 is 0 Å². The highest BCUT2D eigenvalue weighted by Crippen LogP contribution is 2.27. The van der Waals surface area contributed by atoms with E-state index in [0.29, 0.717) is 0 Å². The first-order chi connectivity index (χ1) is 5.56. The van der Waals surface area contributed by atoms with Crippen molar-refractivity contribution in [2.45, 2.75) is 18.0 Å². The van der Waals surface area contributed by atoms with Crippen LogP contribution in [-0.4, -0.2) is 34.5 Å². The topological polar surface area (TPSA) is 95.5 Å². The number of rotatable bonds is 1. The molecule has 2 bridgehead atoms. The lowest BCUT2D eigenvalue weighted by molar-refractivity contribution is -0.151. The Labute approximate surface area is 66.9 Å². The van der Waals surface area contributed by atoms with Gasteiger partial charge in [-0.05, 0) is 0 Å². The SMILES string of the molecule is O=C1NC2(C(=O)O)CC1NC2=O. The second-order valence-corrected chi connectivity index (χ2v) is 2.93. The van der Waals surface area contributed by atoms with Crippen molar-refractivity contribution in [2.24, 2.45) is 0 Å². The lowest BCUT2D eigenvalue weighted by Crippen LogP contribution is -2.61. The Morgan fingerprint density at radius 1 is 1.58 bits per heavy atom. The lowest BCUT2D eigenvalue weighted by atomic mass is 10.0. The van der Waals surface area contributed by atoms with Crippen LogP contribution in [0.2, 0.25) is 0 Å². The van der Waals surface area contributed by atoms with E-state index in [2.05, 4.69) is 10.6 Å². The predicted molar refractivity (Wildman–Crippen MR) is 35.1 cm³/mol. The van der Waals surface area contributed by atoms with Gasteiger partial charge in [-0.25, -0.2) is 4.79 Å². The monoisotopic (exact) mass is 170 g/mol. The third-order valence-corrected chi connectivity index (χ3v) is 2.22. The van der Waals surface area contributed by atoms with Crippen LogP contribution >= 0.6 is 0 Å².